The molecule has 3 nitrogen and oxygen atoms in total. The third-order valence-corrected chi connectivity index (χ3v) is 5.61. The van der Waals surface area contributed by atoms with Crippen molar-refractivity contribution in [3.63, 3.8) is 0 Å². The standard InChI is InChI=1S/C24H19NO2S/c1-21-14-16-24(17-15-21)28(26,27)25(20-18-23-11-6-3-7-12-23)19-8-13-22-9-4-2-5-10-22/h2-7,9-12,14-17H,19H2,1H3. The SMILES string of the molecule is Cc1ccc(S(=O)(=O)N(C#Cc2ccccc2)CC#Cc2ccccc2)cc1. The number of benzene rings is 3. The van der Waals surface area contributed by atoms with E-state index in [-0.39, 0.29) is 11.4 Å². The van der Waals surface area contributed by atoms with Gasteiger partial charge < -0.3 is 0 Å². The second kappa shape index (κ2) is 8.95. The molecule has 0 aromatic heterocycles. The second-order valence-corrected chi connectivity index (χ2v) is 7.96. The summed E-state index contributed by atoms with van der Waals surface area (Å²) in [4.78, 5) is 0.196. The molecule has 0 aliphatic rings. The maximum atomic E-state index is 13.1. The summed E-state index contributed by atoms with van der Waals surface area (Å²) in [5.74, 6) is 8.81. The number of hydrogen-bond acceptors (Lipinski definition) is 2. The van der Waals surface area contributed by atoms with Gasteiger partial charge in [-0.25, -0.2) is 12.7 Å². The number of rotatable bonds is 3. The van der Waals surface area contributed by atoms with Crippen LogP contribution in [0, 0.1) is 30.7 Å². The Bertz CT molecular complexity index is 1150. The summed E-state index contributed by atoms with van der Waals surface area (Å²) >= 11 is 0. The first-order valence-electron chi connectivity index (χ1n) is 8.76. The monoisotopic (exact) mass is 385 g/mol. The Morgan fingerprint density at radius 3 is 1.86 bits per heavy atom. The Labute approximate surface area is 166 Å². The van der Waals surface area contributed by atoms with Crippen LogP contribution in [0.5, 0.6) is 0 Å². The minimum Gasteiger partial charge on any atom is -0.212 e. The average Bonchev–Trinajstić information content (AvgIpc) is 2.72. The van der Waals surface area contributed by atoms with Crippen molar-refractivity contribution >= 4 is 10.0 Å². The van der Waals surface area contributed by atoms with Crippen LogP contribution >= 0.6 is 0 Å². The van der Waals surface area contributed by atoms with Crippen molar-refractivity contribution in [2.24, 2.45) is 0 Å². The van der Waals surface area contributed by atoms with Crippen molar-refractivity contribution in [3.8, 4) is 23.8 Å². The van der Waals surface area contributed by atoms with Crippen molar-refractivity contribution in [1.82, 2.24) is 4.31 Å². The van der Waals surface area contributed by atoms with E-state index in [1.807, 2.05) is 67.6 Å². The Morgan fingerprint density at radius 1 is 0.750 bits per heavy atom. The smallest absolute Gasteiger partial charge is 0.212 e. The quantitative estimate of drug-likeness (QED) is 0.504. The Morgan fingerprint density at radius 2 is 1.29 bits per heavy atom. The molecule has 0 aliphatic carbocycles. The molecule has 0 saturated heterocycles. The number of hydrogen-bond donors (Lipinski definition) is 0. The van der Waals surface area contributed by atoms with Gasteiger partial charge in [-0.15, -0.1) is 0 Å². The molecule has 28 heavy (non-hydrogen) atoms. The van der Waals surface area contributed by atoms with Crippen LogP contribution in [0.4, 0.5) is 0 Å². The Kier molecular flexibility index (Phi) is 6.17. The highest BCUT2D eigenvalue weighted by Gasteiger charge is 2.21. The third-order valence-electron chi connectivity index (χ3n) is 3.94. The topological polar surface area (TPSA) is 37.4 Å². The van der Waals surface area contributed by atoms with Gasteiger partial charge in [0, 0.05) is 17.2 Å². The normalized spacial score (nSPS) is 10.2. The van der Waals surface area contributed by atoms with Gasteiger partial charge in [0.05, 0.1) is 4.90 Å². The highest BCUT2D eigenvalue weighted by Crippen LogP contribution is 2.15. The van der Waals surface area contributed by atoms with E-state index in [2.05, 4.69) is 23.8 Å². The van der Waals surface area contributed by atoms with Gasteiger partial charge in [0.25, 0.3) is 10.0 Å². The zero-order valence-electron chi connectivity index (χ0n) is 15.5. The van der Waals surface area contributed by atoms with Gasteiger partial charge in [-0.05, 0) is 49.2 Å². The molecule has 138 valence electrons. The van der Waals surface area contributed by atoms with Crippen LogP contribution in [0.15, 0.2) is 89.8 Å². The van der Waals surface area contributed by atoms with Crippen LogP contribution in [0.1, 0.15) is 16.7 Å². The largest absolute Gasteiger partial charge is 0.271 e. The van der Waals surface area contributed by atoms with E-state index in [1.165, 1.54) is 0 Å². The molecule has 0 N–H and O–H groups in total. The first kappa shape index (κ1) is 19.3. The molecular formula is C24H19NO2S. The van der Waals surface area contributed by atoms with Crippen molar-refractivity contribution in [3.05, 3.63) is 102 Å². The van der Waals surface area contributed by atoms with Crippen molar-refractivity contribution in [2.75, 3.05) is 6.54 Å². The lowest BCUT2D eigenvalue weighted by Gasteiger charge is -2.15. The molecule has 0 aliphatic heterocycles. The van der Waals surface area contributed by atoms with E-state index in [0.29, 0.717) is 0 Å². The first-order chi connectivity index (χ1) is 13.6. The van der Waals surface area contributed by atoms with Crippen LogP contribution in [-0.4, -0.2) is 19.3 Å². The summed E-state index contributed by atoms with van der Waals surface area (Å²) in [6, 6.07) is 28.2. The number of nitrogens with zero attached hydrogens (tertiary/aromatic N) is 1. The molecular weight excluding hydrogens is 366 g/mol. The molecule has 3 aromatic rings. The lowest BCUT2D eigenvalue weighted by Crippen LogP contribution is -2.27. The van der Waals surface area contributed by atoms with Crippen LogP contribution in [-0.2, 0) is 10.0 Å². The van der Waals surface area contributed by atoms with Crippen molar-refractivity contribution < 1.29 is 8.42 Å². The second-order valence-electron chi connectivity index (χ2n) is 6.10. The maximum Gasteiger partial charge on any atom is 0.271 e. The van der Waals surface area contributed by atoms with Gasteiger partial charge in [0.1, 0.15) is 6.54 Å². The van der Waals surface area contributed by atoms with Crippen LogP contribution < -0.4 is 0 Å². The van der Waals surface area contributed by atoms with E-state index >= 15 is 0 Å². The summed E-state index contributed by atoms with van der Waals surface area (Å²) in [5.41, 5.74) is 2.55. The zero-order valence-corrected chi connectivity index (χ0v) is 16.3. The minimum absolute atomic E-state index is 0.0229. The number of aryl methyl sites for hydroxylation is 1. The molecule has 0 bridgehead atoms. The van der Waals surface area contributed by atoms with Gasteiger partial charge in [-0.2, -0.15) is 0 Å². The minimum atomic E-state index is -3.79. The summed E-state index contributed by atoms with van der Waals surface area (Å²) < 4.78 is 27.2. The molecule has 0 amide bonds. The summed E-state index contributed by atoms with van der Waals surface area (Å²) in [5, 5.41) is 0. The summed E-state index contributed by atoms with van der Waals surface area (Å²) in [6.45, 7) is 1.89. The molecule has 4 heteroatoms. The van der Waals surface area contributed by atoms with Gasteiger partial charge in [0.15, 0.2) is 0 Å². The Hall–Kier alpha value is -3.47. The van der Waals surface area contributed by atoms with Crippen molar-refractivity contribution in [1.29, 1.82) is 0 Å². The van der Waals surface area contributed by atoms with Gasteiger partial charge in [-0.3, -0.25) is 0 Å². The molecule has 0 atom stereocenters. The fourth-order valence-electron chi connectivity index (χ4n) is 2.41. The average molecular weight is 385 g/mol. The maximum absolute atomic E-state index is 13.1. The predicted molar refractivity (Wildman–Crippen MR) is 112 cm³/mol. The molecule has 0 radical (unpaired) electrons. The molecule has 0 spiro atoms. The van der Waals surface area contributed by atoms with Gasteiger partial charge >= 0.3 is 0 Å². The fraction of sp³-hybridized carbons (Fsp3) is 0.0833. The molecule has 0 saturated carbocycles. The van der Waals surface area contributed by atoms with Gasteiger partial charge in [-0.1, -0.05) is 65.9 Å². The van der Waals surface area contributed by atoms with Crippen LogP contribution in [0.25, 0.3) is 0 Å². The van der Waals surface area contributed by atoms with Crippen molar-refractivity contribution in [2.45, 2.75) is 11.8 Å². The predicted octanol–water partition coefficient (Wildman–Crippen LogP) is 4.05. The third kappa shape index (κ3) is 5.04. The highest BCUT2D eigenvalue weighted by molar-refractivity contribution is 7.89. The van der Waals surface area contributed by atoms with E-state index in [9.17, 15) is 8.42 Å². The van der Waals surface area contributed by atoms with Crippen LogP contribution in [0.2, 0.25) is 0 Å². The van der Waals surface area contributed by atoms with E-state index in [0.717, 1.165) is 21.0 Å². The van der Waals surface area contributed by atoms with Gasteiger partial charge in [0.2, 0.25) is 0 Å². The van der Waals surface area contributed by atoms with E-state index in [4.69, 9.17) is 0 Å². The zero-order chi connectivity index (χ0) is 19.8. The fourth-order valence-corrected chi connectivity index (χ4v) is 3.54. The van der Waals surface area contributed by atoms with E-state index < -0.39 is 10.0 Å². The lowest BCUT2D eigenvalue weighted by atomic mass is 10.2. The number of sulfonamides is 1. The molecule has 0 heterocycles. The summed E-state index contributed by atoms with van der Waals surface area (Å²) in [7, 11) is -3.79. The molecule has 3 aromatic carbocycles. The molecule has 0 unspecified atom stereocenters. The Balaban J connectivity index is 1.93. The summed E-state index contributed by atoms with van der Waals surface area (Å²) in [6.07, 6.45) is 0. The lowest BCUT2D eigenvalue weighted by molar-refractivity contribution is 0.535. The molecule has 0 fully saturated rings. The first-order valence-corrected chi connectivity index (χ1v) is 10.2. The van der Waals surface area contributed by atoms with Crippen LogP contribution in [0.3, 0.4) is 0 Å². The van der Waals surface area contributed by atoms with E-state index in [1.54, 1.807) is 24.3 Å². The molecule has 3 rings (SSSR count). The highest BCUT2D eigenvalue weighted by atomic mass is 32.2.